The standard InChI is InChI=1S/C20H16FNO5S/c1-11-17-14(21)4-3-5-15(17)28-18(11)20(25)27-10-16(23)22-13-8-6-12(7-9-13)19(24)26-2/h3-9H,10H2,1-2H3,(H,22,23). The lowest BCUT2D eigenvalue weighted by Crippen LogP contribution is -2.20. The Morgan fingerprint density at radius 3 is 2.43 bits per heavy atom. The fourth-order valence-corrected chi connectivity index (χ4v) is 3.77. The number of carbonyl (C=O) groups is 3. The minimum absolute atomic E-state index is 0.260. The van der Waals surface area contributed by atoms with Crippen molar-refractivity contribution in [1.82, 2.24) is 0 Å². The number of aryl methyl sites for hydroxylation is 1. The second-order valence-corrected chi connectivity index (χ2v) is 6.91. The molecule has 1 amide bonds. The molecule has 0 aliphatic heterocycles. The van der Waals surface area contributed by atoms with Crippen LogP contribution in [-0.2, 0) is 14.3 Å². The molecule has 0 atom stereocenters. The maximum atomic E-state index is 13.9. The van der Waals surface area contributed by atoms with Gasteiger partial charge in [0.05, 0.1) is 12.7 Å². The van der Waals surface area contributed by atoms with E-state index in [-0.39, 0.29) is 4.88 Å². The molecule has 0 bridgehead atoms. The first-order valence-electron chi connectivity index (χ1n) is 8.23. The molecule has 0 unspecified atom stereocenters. The number of hydrogen-bond donors (Lipinski definition) is 1. The Morgan fingerprint density at radius 2 is 1.79 bits per heavy atom. The quantitative estimate of drug-likeness (QED) is 0.655. The number of carbonyl (C=O) groups excluding carboxylic acids is 3. The molecule has 3 rings (SSSR count). The fraction of sp³-hybridized carbons (Fsp3) is 0.150. The van der Waals surface area contributed by atoms with Crippen LogP contribution in [0.15, 0.2) is 42.5 Å². The lowest BCUT2D eigenvalue weighted by atomic mass is 10.1. The van der Waals surface area contributed by atoms with Crippen LogP contribution in [0.4, 0.5) is 10.1 Å². The maximum absolute atomic E-state index is 13.9. The van der Waals surface area contributed by atoms with Crippen molar-refractivity contribution in [3.63, 3.8) is 0 Å². The smallest absolute Gasteiger partial charge is 0.349 e. The summed E-state index contributed by atoms with van der Waals surface area (Å²) < 4.78 is 24.2. The number of ether oxygens (including phenoxy) is 2. The second kappa shape index (κ2) is 8.18. The number of nitrogens with one attached hydrogen (secondary N) is 1. The third kappa shape index (κ3) is 4.01. The first-order valence-corrected chi connectivity index (χ1v) is 9.05. The lowest BCUT2D eigenvalue weighted by Gasteiger charge is -2.07. The van der Waals surface area contributed by atoms with Crippen molar-refractivity contribution in [3.8, 4) is 0 Å². The molecule has 0 saturated carbocycles. The second-order valence-electron chi connectivity index (χ2n) is 5.86. The fourth-order valence-electron chi connectivity index (χ4n) is 2.65. The number of esters is 2. The minimum Gasteiger partial charge on any atom is -0.465 e. The van der Waals surface area contributed by atoms with Crippen molar-refractivity contribution in [2.45, 2.75) is 6.92 Å². The Bertz CT molecular complexity index is 1060. The van der Waals surface area contributed by atoms with Gasteiger partial charge in [0.2, 0.25) is 0 Å². The summed E-state index contributed by atoms with van der Waals surface area (Å²) in [4.78, 5) is 35.9. The van der Waals surface area contributed by atoms with Crippen molar-refractivity contribution in [3.05, 3.63) is 64.3 Å². The first kappa shape index (κ1) is 19.5. The van der Waals surface area contributed by atoms with E-state index in [4.69, 9.17) is 4.74 Å². The number of thiophene rings is 1. The van der Waals surface area contributed by atoms with Gasteiger partial charge in [-0.25, -0.2) is 14.0 Å². The number of methoxy groups -OCH3 is 1. The molecule has 1 N–H and O–H groups in total. The van der Waals surface area contributed by atoms with E-state index in [2.05, 4.69) is 10.1 Å². The molecule has 28 heavy (non-hydrogen) atoms. The molecule has 6 nitrogen and oxygen atoms in total. The van der Waals surface area contributed by atoms with Gasteiger partial charge in [-0.15, -0.1) is 11.3 Å². The molecular weight excluding hydrogens is 385 g/mol. The molecule has 0 saturated heterocycles. The summed E-state index contributed by atoms with van der Waals surface area (Å²) in [5.41, 5.74) is 1.27. The zero-order chi connectivity index (χ0) is 20.3. The topological polar surface area (TPSA) is 81.7 Å². The van der Waals surface area contributed by atoms with E-state index in [1.165, 1.54) is 37.4 Å². The molecular formula is C20H16FNO5S. The number of anilines is 1. The van der Waals surface area contributed by atoms with Crippen LogP contribution in [0.2, 0.25) is 0 Å². The van der Waals surface area contributed by atoms with Crippen molar-refractivity contribution < 1.29 is 28.2 Å². The van der Waals surface area contributed by atoms with Crippen LogP contribution in [0.5, 0.6) is 0 Å². The van der Waals surface area contributed by atoms with E-state index in [9.17, 15) is 18.8 Å². The van der Waals surface area contributed by atoms with Crippen LogP contribution in [0.1, 0.15) is 25.6 Å². The van der Waals surface area contributed by atoms with E-state index in [1.807, 2.05) is 0 Å². The summed E-state index contributed by atoms with van der Waals surface area (Å²) in [5, 5.41) is 2.94. The number of rotatable bonds is 5. The Hall–Kier alpha value is -3.26. The monoisotopic (exact) mass is 401 g/mol. The van der Waals surface area contributed by atoms with Crippen LogP contribution < -0.4 is 5.32 Å². The minimum atomic E-state index is -0.686. The molecule has 0 aliphatic rings. The van der Waals surface area contributed by atoms with Gasteiger partial charge in [0.1, 0.15) is 10.7 Å². The zero-order valence-electron chi connectivity index (χ0n) is 15.1. The Kier molecular flexibility index (Phi) is 5.70. The van der Waals surface area contributed by atoms with E-state index in [0.717, 1.165) is 11.3 Å². The van der Waals surface area contributed by atoms with Crippen LogP contribution in [0, 0.1) is 12.7 Å². The van der Waals surface area contributed by atoms with Gasteiger partial charge in [0.25, 0.3) is 5.91 Å². The molecule has 0 spiro atoms. The number of halogens is 1. The predicted octanol–water partition coefficient (Wildman–Crippen LogP) is 3.93. The average Bonchev–Trinajstić information content (AvgIpc) is 3.04. The molecule has 3 aromatic rings. The van der Waals surface area contributed by atoms with Crippen molar-refractivity contribution in [2.75, 3.05) is 19.0 Å². The SMILES string of the molecule is COC(=O)c1ccc(NC(=O)COC(=O)c2sc3cccc(F)c3c2C)cc1. The molecule has 8 heteroatoms. The average molecular weight is 401 g/mol. The summed E-state index contributed by atoms with van der Waals surface area (Å²) in [5.74, 6) is -2.11. The zero-order valence-corrected chi connectivity index (χ0v) is 15.9. The van der Waals surface area contributed by atoms with Gasteiger partial charge < -0.3 is 14.8 Å². The van der Waals surface area contributed by atoms with Gasteiger partial charge in [0.15, 0.2) is 6.61 Å². The van der Waals surface area contributed by atoms with Crippen LogP contribution in [0.3, 0.4) is 0 Å². The normalized spacial score (nSPS) is 10.5. The molecule has 2 aromatic carbocycles. The molecule has 0 radical (unpaired) electrons. The predicted molar refractivity (Wildman–Crippen MR) is 103 cm³/mol. The summed E-state index contributed by atoms with van der Waals surface area (Å²) >= 11 is 1.12. The Labute approximate surface area is 163 Å². The highest BCUT2D eigenvalue weighted by Gasteiger charge is 2.19. The van der Waals surface area contributed by atoms with E-state index < -0.39 is 30.3 Å². The van der Waals surface area contributed by atoms with Gasteiger partial charge >= 0.3 is 11.9 Å². The highest BCUT2D eigenvalue weighted by molar-refractivity contribution is 7.21. The van der Waals surface area contributed by atoms with Crippen molar-refractivity contribution >= 4 is 45.0 Å². The van der Waals surface area contributed by atoms with Crippen LogP contribution >= 0.6 is 11.3 Å². The van der Waals surface area contributed by atoms with Crippen molar-refractivity contribution in [1.29, 1.82) is 0 Å². The third-order valence-corrected chi connectivity index (χ3v) is 5.25. The van der Waals surface area contributed by atoms with Gasteiger partial charge in [-0.3, -0.25) is 4.79 Å². The van der Waals surface area contributed by atoms with E-state index in [1.54, 1.807) is 19.1 Å². The number of benzene rings is 2. The molecule has 0 fully saturated rings. The largest absolute Gasteiger partial charge is 0.465 e. The van der Waals surface area contributed by atoms with Gasteiger partial charge in [-0.1, -0.05) is 6.07 Å². The molecule has 1 heterocycles. The van der Waals surface area contributed by atoms with Gasteiger partial charge in [0, 0.05) is 15.8 Å². The summed E-state index contributed by atoms with van der Waals surface area (Å²) in [7, 11) is 1.28. The number of fused-ring (bicyclic) bond motifs is 1. The van der Waals surface area contributed by atoms with Crippen LogP contribution in [-0.4, -0.2) is 31.6 Å². The number of amides is 1. The summed E-state index contributed by atoms with van der Waals surface area (Å²) in [6.45, 7) is 1.15. The Morgan fingerprint density at radius 1 is 1.07 bits per heavy atom. The first-order chi connectivity index (χ1) is 13.4. The number of hydrogen-bond acceptors (Lipinski definition) is 6. The van der Waals surface area contributed by atoms with Gasteiger partial charge in [-0.2, -0.15) is 0 Å². The molecule has 0 aliphatic carbocycles. The summed E-state index contributed by atoms with van der Waals surface area (Å²) in [6, 6.07) is 10.7. The molecule has 144 valence electrons. The maximum Gasteiger partial charge on any atom is 0.349 e. The highest BCUT2D eigenvalue weighted by atomic mass is 32.1. The molecule has 1 aromatic heterocycles. The Balaban J connectivity index is 1.62. The highest BCUT2D eigenvalue weighted by Crippen LogP contribution is 2.32. The third-order valence-electron chi connectivity index (χ3n) is 4.01. The lowest BCUT2D eigenvalue weighted by molar-refractivity contribution is -0.119. The van der Waals surface area contributed by atoms with Gasteiger partial charge in [-0.05, 0) is 48.9 Å². The van der Waals surface area contributed by atoms with E-state index in [0.29, 0.717) is 26.9 Å². The summed E-state index contributed by atoms with van der Waals surface area (Å²) in [6.07, 6.45) is 0. The van der Waals surface area contributed by atoms with Crippen molar-refractivity contribution in [2.24, 2.45) is 0 Å². The van der Waals surface area contributed by atoms with E-state index >= 15 is 0 Å². The van der Waals surface area contributed by atoms with Crippen LogP contribution in [0.25, 0.3) is 10.1 Å².